The van der Waals surface area contributed by atoms with Crippen LogP contribution in [0.4, 0.5) is 5.69 Å². The van der Waals surface area contributed by atoms with Gasteiger partial charge in [0.05, 0.1) is 5.69 Å². The van der Waals surface area contributed by atoms with Crippen molar-refractivity contribution in [1.82, 2.24) is 0 Å². The molecule has 3 heteroatoms. The molecule has 0 bridgehead atoms. The molecular formula is C16H15NO2. The van der Waals surface area contributed by atoms with E-state index in [0.29, 0.717) is 6.61 Å². The Morgan fingerprint density at radius 2 is 2.00 bits per heavy atom. The van der Waals surface area contributed by atoms with Crippen molar-refractivity contribution in [3.05, 3.63) is 53.6 Å². The lowest BCUT2D eigenvalue weighted by molar-refractivity contribution is 0.111. The highest BCUT2D eigenvalue weighted by molar-refractivity contribution is 5.63. The predicted octanol–water partition coefficient (Wildman–Crippen LogP) is 3.30. The van der Waals surface area contributed by atoms with Crippen molar-refractivity contribution in [3.8, 4) is 11.5 Å². The van der Waals surface area contributed by atoms with E-state index in [1.165, 1.54) is 0 Å². The van der Waals surface area contributed by atoms with Crippen LogP contribution in [0.3, 0.4) is 0 Å². The van der Waals surface area contributed by atoms with E-state index in [-0.39, 0.29) is 12.1 Å². The average molecular weight is 253 g/mol. The Morgan fingerprint density at radius 1 is 1.11 bits per heavy atom. The number of aryl methyl sites for hydroxylation is 1. The lowest BCUT2D eigenvalue weighted by Crippen LogP contribution is -2.42. The molecule has 0 amide bonds. The molecule has 96 valence electrons. The van der Waals surface area contributed by atoms with Gasteiger partial charge in [-0.3, -0.25) is 0 Å². The third-order valence-electron chi connectivity index (χ3n) is 3.81. The van der Waals surface area contributed by atoms with Crippen LogP contribution in [0, 0.1) is 6.92 Å². The number of benzene rings is 2. The van der Waals surface area contributed by atoms with Crippen LogP contribution in [0.15, 0.2) is 42.5 Å². The quantitative estimate of drug-likeness (QED) is 0.781. The second-order valence-corrected chi connectivity index (χ2v) is 5.09. The van der Waals surface area contributed by atoms with E-state index in [2.05, 4.69) is 30.4 Å². The number of hydrogen-bond acceptors (Lipinski definition) is 3. The smallest absolute Gasteiger partial charge is 0.151 e. The van der Waals surface area contributed by atoms with E-state index in [1.807, 2.05) is 24.3 Å². The van der Waals surface area contributed by atoms with Crippen LogP contribution in [0.5, 0.6) is 11.5 Å². The Morgan fingerprint density at radius 3 is 2.95 bits per heavy atom. The number of hydrogen-bond donors (Lipinski definition) is 1. The summed E-state index contributed by atoms with van der Waals surface area (Å²) in [7, 11) is 0. The molecule has 2 heterocycles. The van der Waals surface area contributed by atoms with E-state index in [9.17, 15) is 0 Å². The molecule has 0 fully saturated rings. The third-order valence-corrected chi connectivity index (χ3v) is 3.81. The summed E-state index contributed by atoms with van der Waals surface area (Å²) in [5.41, 5.74) is 3.34. The molecule has 0 saturated carbocycles. The largest absolute Gasteiger partial charge is 0.491 e. The molecule has 19 heavy (non-hydrogen) atoms. The highest BCUT2D eigenvalue weighted by Gasteiger charge is 2.36. The molecule has 0 radical (unpaired) electrons. The van der Waals surface area contributed by atoms with Crippen LogP contribution in [0.2, 0.25) is 0 Å². The zero-order valence-electron chi connectivity index (χ0n) is 10.7. The zero-order chi connectivity index (χ0) is 12.8. The van der Waals surface area contributed by atoms with Gasteiger partial charge in [-0.05, 0) is 24.6 Å². The fourth-order valence-corrected chi connectivity index (χ4v) is 2.84. The van der Waals surface area contributed by atoms with Crippen molar-refractivity contribution in [3.63, 3.8) is 0 Å². The third kappa shape index (κ3) is 1.58. The van der Waals surface area contributed by atoms with Gasteiger partial charge in [0.15, 0.2) is 6.10 Å². The molecular weight excluding hydrogens is 238 g/mol. The average Bonchev–Trinajstić information content (AvgIpc) is 2.46. The maximum absolute atomic E-state index is 6.25. The molecule has 0 aliphatic carbocycles. The first kappa shape index (κ1) is 10.7. The Balaban J connectivity index is 1.81. The van der Waals surface area contributed by atoms with Crippen molar-refractivity contribution < 1.29 is 9.47 Å². The maximum atomic E-state index is 6.25. The number of ether oxygens (including phenoxy) is 2. The number of rotatable bonds is 0. The van der Waals surface area contributed by atoms with Crippen molar-refractivity contribution in [1.29, 1.82) is 0 Å². The van der Waals surface area contributed by atoms with E-state index in [4.69, 9.17) is 9.47 Å². The van der Waals surface area contributed by atoms with Gasteiger partial charge in [-0.25, -0.2) is 0 Å². The Kier molecular flexibility index (Phi) is 2.21. The van der Waals surface area contributed by atoms with Crippen molar-refractivity contribution in [2.75, 3.05) is 11.9 Å². The summed E-state index contributed by atoms with van der Waals surface area (Å²) in [6, 6.07) is 14.5. The number of nitrogens with one attached hydrogen (secondary N) is 1. The van der Waals surface area contributed by atoms with Crippen LogP contribution in [0.1, 0.15) is 17.2 Å². The Hall–Kier alpha value is -2.16. The SMILES string of the molecule is Cc1cccc2c1OC1c3ccccc3OCC1N2. The van der Waals surface area contributed by atoms with Gasteiger partial charge in [0.2, 0.25) is 0 Å². The molecule has 4 rings (SSSR count). The first-order chi connectivity index (χ1) is 9.33. The van der Waals surface area contributed by atoms with Crippen LogP contribution >= 0.6 is 0 Å². The van der Waals surface area contributed by atoms with Gasteiger partial charge in [0, 0.05) is 5.56 Å². The monoisotopic (exact) mass is 253 g/mol. The number of fused-ring (bicyclic) bond motifs is 4. The fourth-order valence-electron chi connectivity index (χ4n) is 2.84. The first-order valence-corrected chi connectivity index (χ1v) is 6.57. The minimum atomic E-state index is 0.0264. The summed E-state index contributed by atoms with van der Waals surface area (Å²) in [6.07, 6.45) is 0.0264. The number of anilines is 1. The van der Waals surface area contributed by atoms with Crippen molar-refractivity contribution >= 4 is 5.69 Å². The molecule has 3 nitrogen and oxygen atoms in total. The summed E-state index contributed by atoms with van der Waals surface area (Å²) in [5, 5.41) is 3.53. The summed E-state index contributed by atoms with van der Waals surface area (Å²) < 4.78 is 12.0. The van der Waals surface area contributed by atoms with Gasteiger partial charge >= 0.3 is 0 Å². The normalized spacial score (nSPS) is 23.0. The topological polar surface area (TPSA) is 30.5 Å². The van der Waals surface area contributed by atoms with Crippen molar-refractivity contribution in [2.45, 2.75) is 19.1 Å². The minimum Gasteiger partial charge on any atom is -0.491 e. The fraction of sp³-hybridized carbons (Fsp3) is 0.250. The first-order valence-electron chi connectivity index (χ1n) is 6.57. The van der Waals surface area contributed by atoms with Crippen molar-refractivity contribution in [2.24, 2.45) is 0 Å². The van der Waals surface area contributed by atoms with Crippen LogP contribution in [-0.2, 0) is 0 Å². The molecule has 2 unspecified atom stereocenters. The van der Waals surface area contributed by atoms with Gasteiger partial charge in [-0.15, -0.1) is 0 Å². The highest BCUT2D eigenvalue weighted by atomic mass is 16.5. The number of para-hydroxylation sites is 2. The second kappa shape index (κ2) is 3.92. The van der Waals surface area contributed by atoms with Gasteiger partial charge in [0.1, 0.15) is 24.1 Å². The predicted molar refractivity (Wildman–Crippen MR) is 73.9 cm³/mol. The molecule has 2 aromatic rings. The van der Waals surface area contributed by atoms with Gasteiger partial charge in [-0.1, -0.05) is 30.3 Å². The molecule has 2 aromatic carbocycles. The second-order valence-electron chi connectivity index (χ2n) is 5.09. The highest BCUT2D eigenvalue weighted by Crippen LogP contribution is 2.43. The van der Waals surface area contributed by atoms with Gasteiger partial charge in [0.25, 0.3) is 0 Å². The lowest BCUT2D eigenvalue weighted by Gasteiger charge is -2.39. The summed E-state index contributed by atoms with van der Waals surface area (Å²) >= 11 is 0. The van der Waals surface area contributed by atoms with Gasteiger partial charge in [-0.2, -0.15) is 0 Å². The maximum Gasteiger partial charge on any atom is 0.151 e. The van der Waals surface area contributed by atoms with Crippen LogP contribution < -0.4 is 14.8 Å². The Bertz CT molecular complexity index is 638. The molecule has 0 saturated heterocycles. The standard InChI is InChI=1S/C16H15NO2/c1-10-5-4-7-12-15(10)19-16-11-6-2-3-8-14(11)18-9-13(16)17-12/h2-8,13,16-17H,9H2,1H3. The Labute approximate surface area is 112 Å². The molecule has 2 aliphatic heterocycles. The molecule has 2 atom stereocenters. The summed E-state index contributed by atoms with van der Waals surface area (Å²) in [5.74, 6) is 1.89. The lowest BCUT2D eigenvalue weighted by atomic mass is 9.96. The molecule has 1 N–H and O–H groups in total. The van der Waals surface area contributed by atoms with E-state index >= 15 is 0 Å². The van der Waals surface area contributed by atoms with Gasteiger partial charge < -0.3 is 14.8 Å². The van der Waals surface area contributed by atoms with E-state index in [0.717, 1.165) is 28.3 Å². The summed E-state index contributed by atoms with van der Waals surface area (Å²) in [6.45, 7) is 2.71. The van der Waals surface area contributed by atoms with E-state index in [1.54, 1.807) is 0 Å². The van der Waals surface area contributed by atoms with E-state index < -0.39 is 0 Å². The molecule has 0 spiro atoms. The molecule has 2 aliphatic rings. The summed E-state index contributed by atoms with van der Waals surface area (Å²) in [4.78, 5) is 0. The molecule has 0 aromatic heterocycles. The van der Waals surface area contributed by atoms with Crippen LogP contribution in [0.25, 0.3) is 0 Å². The van der Waals surface area contributed by atoms with Crippen LogP contribution in [-0.4, -0.2) is 12.6 Å². The zero-order valence-corrected chi connectivity index (χ0v) is 10.7. The minimum absolute atomic E-state index is 0.0264.